The van der Waals surface area contributed by atoms with Crippen LogP contribution < -0.4 is 4.90 Å². The third-order valence-electron chi connectivity index (χ3n) is 4.74. The first-order valence-corrected chi connectivity index (χ1v) is 10.2. The van der Waals surface area contributed by atoms with Crippen molar-refractivity contribution in [2.45, 2.75) is 19.8 Å². The summed E-state index contributed by atoms with van der Waals surface area (Å²) < 4.78 is 6.43. The van der Waals surface area contributed by atoms with Gasteiger partial charge in [-0.1, -0.05) is 24.3 Å². The van der Waals surface area contributed by atoms with E-state index in [1.165, 1.54) is 4.90 Å². The number of allylic oxidation sites excluding steroid dienone is 1. The molecular formula is C22H24N7S+. The average Bonchev–Trinajstić information content (AvgIpc) is 3.35. The van der Waals surface area contributed by atoms with Crippen molar-refractivity contribution in [1.82, 2.24) is 29.1 Å². The standard InChI is InChI=1S/C22H23N7S/c1-3-12-27-21(19-8-7-11-23-14-19)25-29(22(27)30)17-26(2)15-18-13-24-28(16-18)20-9-5-4-6-10-20/h3-11,13-14,16H,1,12,15,17H2,2H3/p+1. The fourth-order valence-electron chi connectivity index (χ4n) is 3.38. The lowest BCUT2D eigenvalue weighted by Crippen LogP contribution is -3.07. The van der Waals surface area contributed by atoms with Crippen molar-refractivity contribution in [1.29, 1.82) is 0 Å². The van der Waals surface area contributed by atoms with E-state index < -0.39 is 0 Å². The Hall–Kier alpha value is -3.36. The van der Waals surface area contributed by atoms with E-state index >= 15 is 0 Å². The smallest absolute Gasteiger partial charge is 0.203 e. The number of rotatable bonds is 8. The number of nitrogens with one attached hydrogen (secondary N) is 1. The van der Waals surface area contributed by atoms with Crippen molar-refractivity contribution in [3.8, 4) is 17.1 Å². The van der Waals surface area contributed by atoms with Crippen LogP contribution in [0.25, 0.3) is 17.1 Å². The molecule has 0 bridgehead atoms. The van der Waals surface area contributed by atoms with Gasteiger partial charge in [0.15, 0.2) is 12.5 Å². The monoisotopic (exact) mass is 418 g/mol. The highest BCUT2D eigenvalue weighted by Gasteiger charge is 2.15. The SMILES string of the molecule is C=CCn1c(-c2cccnc2)nn(C[NH+](C)Cc2cnn(-c3ccccc3)c2)c1=S. The van der Waals surface area contributed by atoms with Crippen LogP contribution in [-0.4, -0.2) is 36.2 Å². The van der Waals surface area contributed by atoms with Crippen LogP contribution in [0.2, 0.25) is 0 Å². The molecule has 3 aromatic heterocycles. The van der Waals surface area contributed by atoms with Crippen LogP contribution >= 0.6 is 12.2 Å². The fourth-order valence-corrected chi connectivity index (χ4v) is 3.65. The Morgan fingerprint density at radius 1 is 1.13 bits per heavy atom. The average molecular weight is 419 g/mol. The second-order valence-corrected chi connectivity index (χ2v) is 7.53. The molecule has 1 unspecified atom stereocenters. The molecule has 0 saturated carbocycles. The number of nitrogens with zero attached hydrogens (tertiary/aromatic N) is 6. The summed E-state index contributed by atoms with van der Waals surface area (Å²) in [5.74, 6) is 0.803. The first-order valence-electron chi connectivity index (χ1n) is 9.75. The van der Waals surface area contributed by atoms with Gasteiger partial charge in [0, 0.05) is 36.3 Å². The Bertz CT molecular complexity index is 1180. The molecule has 1 aromatic carbocycles. The molecule has 0 amide bonds. The highest BCUT2D eigenvalue weighted by atomic mass is 32.1. The van der Waals surface area contributed by atoms with Crippen molar-refractivity contribution < 1.29 is 4.90 Å². The van der Waals surface area contributed by atoms with Gasteiger partial charge in [-0.15, -0.1) is 11.7 Å². The minimum atomic E-state index is 0.603. The molecule has 0 spiro atoms. The summed E-state index contributed by atoms with van der Waals surface area (Å²) in [5, 5.41) is 9.26. The first-order chi connectivity index (χ1) is 14.7. The van der Waals surface area contributed by atoms with Gasteiger partial charge in [0.2, 0.25) is 4.77 Å². The molecule has 7 nitrogen and oxygen atoms in total. The van der Waals surface area contributed by atoms with E-state index in [4.69, 9.17) is 17.3 Å². The fraction of sp³-hybridized carbons (Fsp3) is 0.182. The Labute approximate surface area is 180 Å². The van der Waals surface area contributed by atoms with Crippen LogP contribution in [-0.2, 0) is 19.8 Å². The predicted octanol–water partition coefficient (Wildman–Crippen LogP) is 2.52. The molecule has 1 N–H and O–H groups in total. The summed E-state index contributed by atoms with van der Waals surface area (Å²) in [6.07, 6.45) is 9.36. The van der Waals surface area contributed by atoms with Crippen LogP contribution in [0.4, 0.5) is 0 Å². The van der Waals surface area contributed by atoms with E-state index in [1.54, 1.807) is 12.4 Å². The lowest BCUT2D eigenvalue weighted by molar-refractivity contribution is -0.917. The van der Waals surface area contributed by atoms with Gasteiger partial charge in [0.1, 0.15) is 6.54 Å². The van der Waals surface area contributed by atoms with Crippen molar-refractivity contribution in [3.63, 3.8) is 0 Å². The number of para-hydroxylation sites is 1. The zero-order valence-corrected chi connectivity index (χ0v) is 17.7. The first kappa shape index (κ1) is 19.9. The van der Waals surface area contributed by atoms with Gasteiger partial charge in [-0.25, -0.2) is 4.68 Å². The van der Waals surface area contributed by atoms with E-state index in [0.29, 0.717) is 18.0 Å². The van der Waals surface area contributed by atoms with E-state index in [9.17, 15) is 0 Å². The molecule has 8 heteroatoms. The van der Waals surface area contributed by atoms with Gasteiger partial charge in [0.05, 0.1) is 18.9 Å². The molecule has 4 rings (SSSR count). The second kappa shape index (κ2) is 8.98. The molecule has 3 heterocycles. The number of benzene rings is 1. The Kier molecular flexibility index (Phi) is 5.97. The third-order valence-corrected chi connectivity index (χ3v) is 5.17. The van der Waals surface area contributed by atoms with Gasteiger partial charge >= 0.3 is 0 Å². The van der Waals surface area contributed by atoms with E-state index in [0.717, 1.165) is 29.2 Å². The summed E-state index contributed by atoms with van der Waals surface area (Å²) >= 11 is 5.69. The number of hydrogen-bond donors (Lipinski definition) is 1. The lowest BCUT2D eigenvalue weighted by atomic mass is 10.3. The molecule has 0 fully saturated rings. The van der Waals surface area contributed by atoms with Crippen LogP contribution in [0.1, 0.15) is 5.56 Å². The highest BCUT2D eigenvalue weighted by molar-refractivity contribution is 7.71. The van der Waals surface area contributed by atoms with Crippen LogP contribution in [0.15, 0.2) is 79.9 Å². The Morgan fingerprint density at radius 3 is 2.70 bits per heavy atom. The lowest BCUT2D eigenvalue weighted by Gasteiger charge is -2.12. The number of pyridine rings is 1. The molecule has 0 aliphatic heterocycles. The van der Waals surface area contributed by atoms with Crippen LogP contribution in [0.3, 0.4) is 0 Å². The topological polar surface area (TPSA) is 57.9 Å². The highest BCUT2D eigenvalue weighted by Crippen LogP contribution is 2.17. The number of hydrogen-bond acceptors (Lipinski definition) is 4. The molecule has 0 saturated heterocycles. The molecule has 0 aliphatic rings. The zero-order chi connectivity index (χ0) is 20.9. The minimum absolute atomic E-state index is 0.603. The molecule has 4 aromatic rings. The minimum Gasteiger partial charge on any atom is -0.315 e. The second-order valence-electron chi connectivity index (χ2n) is 7.17. The zero-order valence-electron chi connectivity index (χ0n) is 16.8. The van der Waals surface area contributed by atoms with Gasteiger partial charge in [0.25, 0.3) is 0 Å². The maximum atomic E-state index is 5.69. The third kappa shape index (κ3) is 4.29. The van der Waals surface area contributed by atoms with Crippen LogP contribution in [0, 0.1) is 4.77 Å². The van der Waals surface area contributed by atoms with Crippen molar-refractivity contribution in [3.05, 3.63) is 90.2 Å². The summed E-state index contributed by atoms with van der Waals surface area (Å²) in [6, 6.07) is 14.0. The Balaban J connectivity index is 1.52. The van der Waals surface area contributed by atoms with Crippen molar-refractivity contribution in [2.24, 2.45) is 0 Å². The number of quaternary nitrogens is 1. The normalized spacial score (nSPS) is 12.0. The van der Waals surface area contributed by atoms with E-state index in [-0.39, 0.29) is 0 Å². The van der Waals surface area contributed by atoms with Gasteiger partial charge in [-0.2, -0.15) is 9.78 Å². The summed E-state index contributed by atoms with van der Waals surface area (Å²) in [4.78, 5) is 5.46. The van der Waals surface area contributed by atoms with E-state index in [2.05, 4.69) is 29.9 Å². The molecule has 30 heavy (non-hydrogen) atoms. The maximum absolute atomic E-state index is 5.69. The maximum Gasteiger partial charge on any atom is 0.203 e. The largest absolute Gasteiger partial charge is 0.315 e. The van der Waals surface area contributed by atoms with Crippen LogP contribution in [0.5, 0.6) is 0 Å². The van der Waals surface area contributed by atoms with Gasteiger partial charge < -0.3 is 4.90 Å². The summed E-state index contributed by atoms with van der Waals surface area (Å²) in [7, 11) is 2.12. The van der Waals surface area contributed by atoms with E-state index in [1.807, 2.05) is 68.7 Å². The van der Waals surface area contributed by atoms with Gasteiger partial charge in [-0.05, 0) is 36.5 Å². The molecular weight excluding hydrogens is 394 g/mol. The molecule has 152 valence electrons. The Morgan fingerprint density at radius 2 is 1.97 bits per heavy atom. The number of aromatic nitrogens is 6. The summed E-state index contributed by atoms with van der Waals surface area (Å²) in [5.41, 5.74) is 3.14. The van der Waals surface area contributed by atoms with Gasteiger partial charge in [-0.3, -0.25) is 9.55 Å². The predicted molar refractivity (Wildman–Crippen MR) is 119 cm³/mol. The molecule has 0 radical (unpaired) electrons. The molecule has 0 aliphatic carbocycles. The quantitative estimate of drug-likeness (QED) is 0.353. The molecule has 1 atom stereocenters. The van der Waals surface area contributed by atoms with Crippen molar-refractivity contribution >= 4 is 12.2 Å². The summed E-state index contributed by atoms with van der Waals surface area (Å²) in [6.45, 7) is 5.91. The van der Waals surface area contributed by atoms with Crippen molar-refractivity contribution in [2.75, 3.05) is 7.05 Å².